The molecular formula is C24H21Cl3N4O2. The first-order valence-electron chi connectivity index (χ1n) is 10.5. The summed E-state index contributed by atoms with van der Waals surface area (Å²) < 4.78 is 3.24. The first-order valence-corrected chi connectivity index (χ1v) is 11.6. The zero-order chi connectivity index (χ0) is 23.7. The number of halogens is 3. The molecule has 0 aliphatic heterocycles. The fourth-order valence-electron chi connectivity index (χ4n) is 3.73. The van der Waals surface area contributed by atoms with Gasteiger partial charge in [0, 0.05) is 34.6 Å². The number of aryl methyl sites for hydroxylation is 1. The van der Waals surface area contributed by atoms with Gasteiger partial charge >= 0.3 is 0 Å². The number of unbranched alkanes of at least 4 members (excludes halogenated alkanes) is 1. The molecule has 170 valence electrons. The van der Waals surface area contributed by atoms with E-state index in [0.29, 0.717) is 44.0 Å². The maximum Gasteiger partial charge on any atom is 0.265 e. The Hall–Kier alpha value is -2.80. The van der Waals surface area contributed by atoms with Gasteiger partial charge in [-0.2, -0.15) is 0 Å². The van der Waals surface area contributed by atoms with Crippen molar-refractivity contribution in [1.29, 1.82) is 0 Å². The van der Waals surface area contributed by atoms with Crippen molar-refractivity contribution in [2.45, 2.75) is 26.3 Å². The molecule has 2 heterocycles. The second-order valence-corrected chi connectivity index (χ2v) is 8.83. The van der Waals surface area contributed by atoms with Crippen molar-refractivity contribution in [3.05, 3.63) is 79.5 Å². The Morgan fingerprint density at radius 1 is 1.03 bits per heavy atom. The number of hydrogen-bond donors (Lipinski definition) is 1. The summed E-state index contributed by atoms with van der Waals surface area (Å²) in [5.41, 5.74) is 2.22. The number of carbonyl (C=O) groups excluding carboxylic acids is 1. The molecule has 1 amide bonds. The second kappa shape index (κ2) is 9.59. The van der Waals surface area contributed by atoms with E-state index < -0.39 is 5.91 Å². The molecule has 9 heteroatoms. The van der Waals surface area contributed by atoms with E-state index >= 15 is 0 Å². The monoisotopic (exact) mass is 502 g/mol. The maximum atomic E-state index is 13.2. The van der Waals surface area contributed by atoms with Gasteiger partial charge in [-0.1, -0.05) is 60.3 Å². The van der Waals surface area contributed by atoms with Crippen LogP contribution < -0.4 is 10.9 Å². The highest BCUT2D eigenvalue weighted by atomic mass is 35.5. The average molecular weight is 504 g/mol. The van der Waals surface area contributed by atoms with Crippen LogP contribution in [0.25, 0.3) is 28.0 Å². The van der Waals surface area contributed by atoms with Gasteiger partial charge in [0.15, 0.2) is 5.65 Å². The average Bonchev–Trinajstić information content (AvgIpc) is 3.17. The van der Waals surface area contributed by atoms with E-state index in [1.165, 1.54) is 7.05 Å². The highest BCUT2D eigenvalue weighted by molar-refractivity contribution is 6.35. The van der Waals surface area contributed by atoms with Gasteiger partial charge in [0.25, 0.3) is 11.5 Å². The van der Waals surface area contributed by atoms with Gasteiger partial charge < -0.3 is 5.32 Å². The summed E-state index contributed by atoms with van der Waals surface area (Å²) in [5.74, 6) is -0.452. The minimum atomic E-state index is -0.452. The molecule has 4 rings (SSSR count). The topological polar surface area (TPSA) is 68.9 Å². The summed E-state index contributed by atoms with van der Waals surface area (Å²) in [6.45, 7) is 2.47. The summed E-state index contributed by atoms with van der Waals surface area (Å²) in [7, 11) is 1.50. The first-order chi connectivity index (χ1) is 15.8. The van der Waals surface area contributed by atoms with E-state index in [1.54, 1.807) is 45.6 Å². The molecule has 1 N–H and O–H groups in total. The number of rotatable bonds is 6. The highest BCUT2D eigenvalue weighted by Gasteiger charge is 2.23. The summed E-state index contributed by atoms with van der Waals surface area (Å²) in [6, 6.07) is 14.0. The number of carbonyl (C=O) groups is 1. The predicted molar refractivity (Wildman–Crippen MR) is 134 cm³/mol. The molecule has 0 bridgehead atoms. The van der Waals surface area contributed by atoms with Gasteiger partial charge in [-0.3, -0.25) is 14.2 Å². The van der Waals surface area contributed by atoms with Gasteiger partial charge in [0.05, 0.1) is 16.4 Å². The van der Waals surface area contributed by atoms with Crippen molar-refractivity contribution in [1.82, 2.24) is 19.7 Å². The van der Waals surface area contributed by atoms with Crippen LogP contribution in [0.2, 0.25) is 15.1 Å². The summed E-state index contributed by atoms with van der Waals surface area (Å²) >= 11 is 18.8. The third-order valence-electron chi connectivity index (χ3n) is 5.38. The number of nitrogens with one attached hydrogen (secondary N) is 1. The van der Waals surface area contributed by atoms with Crippen LogP contribution in [-0.4, -0.2) is 27.3 Å². The fourth-order valence-corrected chi connectivity index (χ4v) is 4.35. The number of pyridine rings is 1. The van der Waals surface area contributed by atoms with E-state index in [2.05, 4.69) is 5.32 Å². The lowest BCUT2D eigenvalue weighted by Crippen LogP contribution is -2.31. The minimum Gasteiger partial charge on any atom is -0.355 e. The van der Waals surface area contributed by atoms with Crippen molar-refractivity contribution < 1.29 is 4.79 Å². The standard InChI is InChI=1S/C24H21Cl3N4O2/c1-3-4-11-30-22-17(13-18(24(30)33)23(32)28-2)21(14-5-7-15(25)8-6-14)31(29-22)20-10-9-16(26)12-19(20)27/h5-10,12-13H,3-4,11H2,1-2H3,(H,28,32). The molecule has 6 nitrogen and oxygen atoms in total. The van der Waals surface area contributed by atoms with Gasteiger partial charge in [0.2, 0.25) is 0 Å². The lowest BCUT2D eigenvalue weighted by molar-refractivity contribution is 0.0961. The lowest BCUT2D eigenvalue weighted by atomic mass is 10.1. The lowest BCUT2D eigenvalue weighted by Gasteiger charge is -2.11. The molecule has 0 fully saturated rings. The fraction of sp³-hybridized carbons (Fsp3) is 0.208. The van der Waals surface area contributed by atoms with Gasteiger partial charge in [-0.15, -0.1) is 5.10 Å². The van der Waals surface area contributed by atoms with Crippen molar-refractivity contribution in [2.75, 3.05) is 7.05 Å². The highest BCUT2D eigenvalue weighted by Crippen LogP contribution is 2.35. The third-order valence-corrected chi connectivity index (χ3v) is 6.17. The van der Waals surface area contributed by atoms with Crippen LogP contribution >= 0.6 is 34.8 Å². The zero-order valence-corrected chi connectivity index (χ0v) is 20.3. The van der Waals surface area contributed by atoms with Crippen molar-refractivity contribution in [3.63, 3.8) is 0 Å². The molecule has 0 saturated heterocycles. The number of benzene rings is 2. The van der Waals surface area contributed by atoms with E-state index in [0.717, 1.165) is 18.4 Å². The van der Waals surface area contributed by atoms with Crippen LogP contribution in [0.1, 0.15) is 30.1 Å². The quantitative estimate of drug-likeness (QED) is 0.352. The Morgan fingerprint density at radius 2 is 1.73 bits per heavy atom. The summed E-state index contributed by atoms with van der Waals surface area (Å²) in [4.78, 5) is 25.8. The largest absolute Gasteiger partial charge is 0.355 e. The molecule has 0 aliphatic carbocycles. The number of nitrogens with zero attached hydrogens (tertiary/aromatic N) is 3. The molecule has 0 aliphatic rings. The maximum absolute atomic E-state index is 13.2. The smallest absolute Gasteiger partial charge is 0.265 e. The molecule has 4 aromatic rings. The normalized spacial score (nSPS) is 11.2. The van der Waals surface area contributed by atoms with Crippen LogP contribution in [-0.2, 0) is 6.54 Å². The van der Waals surface area contributed by atoms with Crippen LogP contribution in [0.4, 0.5) is 0 Å². The van der Waals surface area contributed by atoms with Crippen LogP contribution in [0.3, 0.4) is 0 Å². The SMILES string of the molecule is CCCCn1c(=O)c(C(=O)NC)cc2c(-c3ccc(Cl)cc3)n(-c3ccc(Cl)cc3Cl)nc21. The molecule has 2 aromatic carbocycles. The Morgan fingerprint density at radius 3 is 2.36 bits per heavy atom. The van der Waals surface area contributed by atoms with E-state index in [-0.39, 0.29) is 11.1 Å². The number of aromatic nitrogens is 3. The minimum absolute atomic E-state index is 0.0538. The summed E-state index contributed by atoms with van der Waals surface area (Å²) in [6.07, 6.45) is 1.64. The van der Waals surface area contributed by atoms with E-state index in [4.69, 9.17) is 39.9 Å². The predicted octanol–water partition coefficient (Wildman–Crippen LogP) is 5.97. The van der Waals surface area contributed by atoms with E-state index in [1.807, 2.05) is 19.1 Å². The Kier molecular flexibility index (Phi) is 6.79. The molecule has 0 radical (unpaired) electrons. The second-order valence-electron chi connectivity index (χ2n) is 7.55. The first kappa shape index (κ1) is 23.4. The molecule has 0 saturated carbocycles. The molecule has 2 aromatic heterocycles. The molecule has 0 spiro atoms. The van der Waals surface area contributed by atoms with Gasteiger partial charge in [0.1, 0.15) is 5.56 Å². The van der Waals surface area contributed by atoms with Gasteiger partial charge in [-0.05, 0) is 42.8 Å². The van der Waals surface area contributed by atoms with Crippen LogP contribution in [0.5, 0.6) is 0 Å². The van der Waals surface area contributed by atoms with Crippen LogP contribution in [0, 0.1) is 0 Å². The van der Waals surface area contributed by atoms with Crippen molar-refractivity contribution in [2.24, 2.45) is 0 Å². The molecule has 0 atom stereocenters. The summed E-state index contributed by atoms with van der Waals surface area (Å²) in [5, 5.41) is 9.49. The number of amides is 1. The Labute approximate surface area is 205 Å². The third kappa shape index (κ3) is 4.38. The Balaban J connectivity index is 2.14. The molecule has 33 heavy (non-hydrogen) atoms. The molecule has 0 unspecified atom stereocenters. The Bertz CT molecular complexity index is 1410. The van der Waals surface area contributed by atoms with Gasteiger partial charge in [-0.25, -0.2) is 4.68 Å². The van der Waals surface area contributed by atoms with Crippen LogP contribution in [0.15, 0.2) is 53.3 Å². The zero-order valence-electron chi connectivity index (χ0n) is 18.0. The number of fused-ring (bicyclic) bond motifs is 1. The number of hydrogen-bond acceptors (Lipinski definition) is 3. The van der Waals surface area contributed by atoms with E-state index in [9.17, 15) is 9.59 Å². The molecular weight excluding hydrogens is 483 g/mol. The van der Waals surface area contributed by atoms with Crippen molar-refractivity contribution in [3.8, 4) is 16.9 Å². The van der Waals surface area contributed by atoms with Crippen molar-refractivity contribution >= 4 is 51.7 Å².